The summed E-state index contributed by atoms with van der Waals surface area (Å²) in [6.45, 7) is -0.223. The minimum atomic E-state index is -3.98. The summed E-state index contributed by atoms with van der Waals surface area (Å²) in [7, 11) is -2.49. The summed E-state index contributed by atoms with van der Waals surface area (Å²) in [6, 6.07) is 9.89. The maximum Gasteiger partial charge on any atom is 0.339 e. The van der Waals surface area contributed by atoms with E-state index in [0.29, 0.717) is 21.2 Å². The molecule has 0 spiro atoms. The van der Waals surface area contributed by atoms with Crippen molar-refractivity contribution in [3.8, 4) is 5.75 Å². The number of carbonyl (C=O) groups excluding carboxylic acids is 1. The third-order valence-corrected chi connectivity index (χ3v) is 5.48. The minimum Gasteiger partial charge on any atom is -0.497 e. The Balaban J connectivity index is 1.91. The highest BCUT2D eigenvalue weighted by Crippen LogP contribution is 2.25. The fourth-order valence-corrected chi connectivity index (χ4v) is 3.46. The van der Waals surface area contributed by atoms with Gasteiger partial charge in [0.15, 0.2) is 0 Å². The van der Waals surface area contributed by atoms with Gasteiger partial charge in [-0.2, -0.15) is 0 Å². The molecule has 2 aromatic carbocycles. The van der Waals surface area contributed by atoms with Gasteiger partial charge in [0.1, 0.15) is 17.9 Å². The smallest absolute Gasteiger partial charge is 0.339 e. The zero-order valence-electron chi connectivity index (χ0n) is 14.5. The number of nitrogens with two attached hydrogens (primary N) is 1. The van der Waals surface area contributed by atoms with Gasteiger partial charge in [-0.1, -0.05) is 0 Å². The van der Waals surface area contributed by atoms with Crippen molar-refractivity contribution in [3.05, 3.63) is 68.5 Å². The molecular formula is C18H14BrNO7S. The highest BCUT2D eigenvalue weighted by molar-refractivity contribution is 9.10. The molecule has 28 heavy (non-hydrogen) atoms. The number of primary sulfonamides is 1. The molecule has 0 bridgehead atoms. The molecule has 0 aliphatic carbocycles. The Morgan fingerprint density at radius 1 is 1.18 bits per heavy atom. The van der Waals surface area contributed by atoms with Crippen LogP contribution in [0, 0.1) is 0 Å². The molecule has 0 radical (unpaired) electrons. The number of carbonyl (C=O) groups is 1. The molecule has 3 aromatic rings. The fraction of sp³-hybridized carbons (Fsp3) is 0.111. The SMILES string of the molecule is COc1ccc2c(COC(=O)c3cc(S(N)(=O)=O)ccc3Br)cc(=O)oc2c1. The van der Waals surface area contributed by atoms with Gasteiger partial charge < -0.3 is 13.9 Å². The largest absolute Gasteiger partial charge is 0.497 e. The molecule has 8 nitrogen and oxygen atoms in total. The van der Waals surface area contributed by atoms with E-state index in [9.17, 15) is 18.0 Å². The molecule has 0 unspecified atom stereocenters. The predicted octanol–water partition coefficient (Wildman–Crippen LogP) is 2.57. The number of hydrogen-bond donors (Lipinski definition) is 1. The molecule has 0 saturated carbocycles. The average Bonchev–Trinajstić information content (AvgIpc) is 2.64. The number of ether oxygens (including phenoxy) is 2. The summed E-state index contributed by atoms with van der Waals surface area (Å²) in [4.78, 5) is 24.0. The molecule has 1 aromatic heterocycles. The van der Waals surface area contributed by atoms with E-state index in [2.05, 4.69) is 15.9 Å². The van der Waals surface area contributed by atoms with Crippen molar-refractivity contribution in [3.63, 3.8) is 0 Å². The van der Waals surface area contributed by atoms with E-state index in [1.54, 1.807) is 18.2 Å². The molecule has 0 aliphatic rings. The number of sulfonamides is 1. The van der Waals surface area contributed by atoms with Crippen LogP contribution < -0.4 is 15.5 Å². The maximum atomic E-state index is 12.4. The van der Waals surface area contributed by atoms with Crippen LogP contribution in [0.3, 0.4) is 0 Å². The Morgan fingerprint density at radius 3 is 2.61 bits per heavy atom. The number of fused-ring (bicyclic) bond motifs is 1. The van der Waals surface area contributed by atoms with Crippen LogP contribution in [0.4, 0.5) is 0 Å². The molecule has 0 amide bonds. The number of halogens is 1. The standard InChI is InChI=1S/C18H14BrNO7S/c1-25-11-2-4-13-10(6-17(21)27-16(13)7-11)9-26-18(22)14-8-12(28(20,23)24)3-5-15(14)19/h2-8H,9H2,1H3,(H2,20,23,24). The van der Waals surface area contributed by atoms with Crippen LogP contribution in [0.1, 0.15) is 15.9 Å². The number of esters is 1. The summed E-state index contributed by atoms with van der Waals surface area (Å²) in [5, 5.41) is 5.67. The van der Waals surface area contributed by atoms with Crippen molar-refractivity contribution in [2.24, 2.45) is 5.14 Å². The third kappa shape index (κ3) is 4.24. The normalized spacial score (nSPS) is 11.4. The Bertz CT molecular complexity index is 1230. The van der Waals surface area contributed by atoms with E-state index >= 15 is 0 Å². The van der Waals surface area contributed by atoms with Crippen molar-refractivity contribution in [1.29, 1.82) is 0 Å². The number of hydrogen-bond acceptors (Lipinski definition) is 7. The molecule has 0 fully saturated rings. The van der Waals surface area contributed by atoms with Crippen LogP contribution in [0.5, 0.6) is 5.75 Å². The van der Waals surface area contributed by atoms with Crippen LogP contribution in [-0.2, 0) is 21.4 Å². The lowest BCUT2D eigenvalue weighted by molar-refractivity contribution is 0.0472. The van der Waals surface area contributed by atoms with Crippen LogP contribution in [0.2, 0.25) is 0 Å². The van der Waals surface area contributed by atoms with E-state index in [1.807, 2.05) is 0 Å². The highest BCUT2D eigenvalue weighted by atomic mass is 79.9. The zero-order chi connectivity index (χ0) is 20.5. The summed E-state index contributed by atoms with van der Waals surface area (Å²) >= 11 is 3.18. The molecular weight excluding hydrogens is 454 g/mol. The molecule has 2 N–H and O–H groups in total. The van der Waals surface area contributed by atoms with Gasteiger partial charge in [0, 0.05) is 27.6 Å². The number of methoxy groups -OCH3 is 1. The molecule has 146 valence electrons. The molecule has 3 rings (SSSR count). The first kappa shape index (κ1) is 20.1. The number of rotatable bonds is 5. The van der Waals surface area contributed by atoms with Crippen molar-refractivity contribution in [2.75, 3.05) is 7.11 Å². The van der Waals surface area contributed by atoms with Crippen molar-refractivity contribution < 1.29 is 27.1 Å². The monoisotopic (exact) mass is 467 g/mol. The van der Waals surface area contributed by atoms with Crippen molar-refractivity contribution in [2.45, 2.75) is 11.5 Å². The van der Waals surface area contributed by atoms with E-state index in [-0.39, 0.29) is 22.6 Å². The van der Waals surface area contributed by atoms with Gasteiger partial charge in [-0.3, -0.25) is 0 Å². The van der Waals surface area contributed by atoms with Gasteiger partial charge in [-0.05, 0) is 46.3 Å². The summed E-state index contributed by atoms with van der Waals surface area (Å²) in [6.07, 6.45) is 0. The lowest BCUT2D eigenvalue weighted by Crippen LogP contribution is -2.14. The summed E-state index contributed by atoms with van der Waals surface area (Å²) < 4.78 is 38.8. The van der Waals surface area contributed by atoms with Crippen LogP contribution in [0.25, 0.3) is 11.0 Å². The molecule has 0 atom stereocenters. The first-order valence-electron chi connectivity index (χ1n) is 7.79. The quantitative estimate of drug-likeness (QED) is 0.451. The second-order valence-electron chi connectivity index (χ2n) is 5.72. The summed E-state index contributed by atoms with van der Waals surface area (Å²) in [5.41, 5.74) is 0.0981. The maximum absolute atomic E-state index is 12.4. The Labute approximate surface area is 168 Å². The predicted molar refractivity (Wildman–Crippen MR) is 104 cm³/mol. The van der Waals surface area contributed by atoms with Crippen LogP contribution in [0.15, 0.2) is 61.0 Å². The molecule has 0 aliphatic heterocycles. The minimum absolute atomic E-state index is 0.0135. The first-order chi connectivity index (χ1) is 13.2. The van der Waals surface area contributed by atoms with Crippen molar-refractivity contribution in [1.82, 2.24) is 0 Å². The van der Waals surface area contributed by atoms with Gasteiger partial charge in [0.05, 0.1) is 17.6 Å². The van der Waals surface area contributed by atoms with Gasteiger partial charge in [-0.25, -0.2) is 23.1 Å². The van der Waals surface area contributed by atoms with Gasteiger partial charge >= 0.3 is 11.6 Å². The van der Waals surface area contributed by atoms with E-state index < -0.39 is 21.6 Å². The summed E-state index contributed by atoms with van der Waals surface area (Å²) in [5.74, 6) is -0.277. The van der Waals surface area contributed by atoms with E-state index in [1.165, 1.54) is 25.3 Å². The first-order valence-corrected chi connectivity index (χ1v) is 10.1. The lowest BCUT2D eigenvalue weighted by atomic mass is 10.1. The van der Waals surface area contributed by atoms with E-state index in [0.717, 1.165) is 6.07 Å². The van der Waals surface area contributed by atoms with E-state index in [4.69, 9.17) is 19.0 Å². The van der Waals surface area contributed by atoms with Crippen LogP contribution in [-0.4, -0.2) is 21.5 Å². The third-order valence-electron chi connectivity index (χ3n) is 3.88. The fourth-order valence-electron chi connectivity index (χ4n) is 2.52. The Hall–Kier alpha value is -2.69. The molecule has 10 heteroatoms. The van der Waals surface area contributed by atoms with Crippen LogP contribution >= 0.6 is 15.9 Å². The van der Waals surface area contributed by atoms with Gasteiger partial charge in [0.25, 0.3) is 0 Å². The molecule has 0 saturated heterocycles. The topological polar surface area (TPSA) is 126 Å². The average molecular weight is 468 g/mol. The second-order valence-corrected chi connectivity index (χ2v) is 8.13. The van der Waals surface area contributed by atoms with Gasteiger partial charge in [-0.15, -0.1) is 0 Å². The number of benzene rings is 2. The van der Waals surface area contributed by atoms with Gasteiger partial charge in [0.2, 0.25) is 10.0 Å². The second kappa shape index (κ2) is 7.74. The van der Waals surface area contributed by atoms with Crippen molar-refractivity contribution >= 4 is 42.9 Å². The molecule has 1 heterocycles. The Kier molecular flexibility index (Phi) is 5.54. The highest BCUT2D eigenvalue weighted by Gasteiger charge is 2.17. The zero-order valence-corrected chi connectivity index (χ0v) is 16.9. The Morgan fingerprint density at radius 2 is 1.93 bits per heavy atom. The lowest BCUT2D eigenvalue weighted by Gasteiger charge is -2.10.